The molecule has 0 N–H and O–H groups in total. The molecule has 0 spiro atoms. The van der Waals surface area contributed by atoms with E-state index in [2.05, 4.69) is 29.7 Å². The summed E-state index contributed by atoms with van der Waals surface area (Å²) in [5.74, 6) is 3.85. The maximum Gasteiger partial charge on any atom is -0.0284 e. The van der Waals surface area contributed by atoms with Gasteiger partial charge in [-0.2, -0.15) is 0 Å². The van der Waals surface area contributed by atoms with Crippen molar-refractivity contribution in [3.8, 4) is 0 Å². The smallest absolute Gasteiger partial charge is 0.0284 e. The Labute approximate surface area is 46.5 Å². The summed E-state index contributed by atoms with van der Waals surface area (Å²) >= 11 is 0. The second kappa shape index (κ2) is 1.66. The molecule has 1 atom stereocenters. The van der Waals surface area contributed by atoms with Gasteiger partial charge in [-0.15, -0.1) is 10.5 Å². The van der Waals surface area contributed by atoms with Gasteiger partial charge in [0.1, 0.15) is 0 Å². The molecule has 0 nitrogen and oxygen atoms in total. The molecule has 0 saturated carbocycles. The minimum atomic E-state index is 0.204. The molecule has 1 heteroatoms. The Bertz CT molecular complexity index is 152. The fourth-order valence-electron chi connectivity index (χ4n) is 0.512. The van der Waals surface area contributed by atoms with Gasteiger partial charge in [-0.05, 0) is 23.3 Å². The highest BCUT2D eigenvalue weighted by Gasteiger charge is 1.88. The van der Waals surface area contributed by atoms with Crippen molar-refractivity contribution in [1.29, 1.82) is 0 Å². The molecular weight excluding hydrogens is 104 g/mol. The average molecular weight is 112 g/mol. The third kappa shape index (κ3) is 1.03. The van der Waals surface area contributed by atoms with Crippen molar-refractivity contribution in [3.05, 3.63) is 22.5 Å². The minimum absolute atomic E-state index is 0.204. The van der Waals surface area contributed by atoms with Crippen LogP contribution in [0.15, 0.2) is 22.5 Å². The van der Waals surface area contributed by atoms with Crippen molar-refractivity contribution in [2.45, 2.75) is 6.92 Å². The van der Waals surface area contributed by atoms with Crippen LogP contribution in [-0.4, -0.2) is 5.87 Å². The lowest BCUT2D eigenvalue weighted by Gasteiger charge is -1.78. The second-order valence-corrected chi connectivity index (χ2v) is 3.08. The molecule has 0 fully saturated rings. The molecule has 0 amide bonds. The highest BCUT2D eigenvalue weighted by atomic mass is 32.2. The Morgan fingerprint density at radius 2 is 2.43 bits per heavy atom. The van der Waals surface area contributed by atoms with E-state index in [4.69, 9.17) is 0 Å². The molecule has 38 valence electrons. The van der Waals surface area contributed by atoms with Crippen LogP contribution in [0.4, 0.5) is 0 Å². The molecule has 1 heterocycles. The van der Waals surface area contributed by atoms with E-state index in [1.54, 1.807) is 0 Å². The largest absolute Gasteiger partial charge is 0.145 e. The molecule has 0 aromatic heterocycles. The Morgan fingerprint density at radius 1 is 1.71 bits per heavy atom. The third-order valence-electron chi connectivity index (χ3n) is 0.843. The van der Waals surface area contributed by atoms with Crippen molar-refractivity contribution >= 4 is 16.4 Å². The van der Waals surface area contributed by atoms with Crippen molar-refractivity contribution < 1.29 is 0 Å². The van der Waals surface area contributed by atoms with E-state index in [1.165, 1.54) is 5.57 Å². The van der Waals surface area contributed by atoms with Gasteiger partial charge in [0.2, 0.25) is 0 Å². The summed E-state index contributed by atoms with van der Waals surface area (Å²) in [6, 6.07) is 0. The molecule has 0 aliphatic carbocycles. The highest BCUT2D eigenvalue weighted by Crippen LogP contribution is 2.23. The first-order valence-electron chi connectivity index (χ1n) is 2.17. The molecule has 1 aliphatic heterocycles. The van der Waals surface area contributed by atoms with E-state index >= 15 is 0 Å². The highest BCUT2D eigenvalue weighted by molar-refractivity contribution is 8.19. The molecule has 1 unspecified atom stereocenters. The van der Waals surface area contributed by atoms with Gasteiger partial charge in [-0.3, -0.25) is 0 Å². The zero-order chi connectivity index (χ0) is 5.28. The third-order valence-corrected chi connectivity index (χ3v) is 2.00. The monoisotopic (exact) mass is 112 g/mol. The van der Waals surface area contributed by atoms with E-state index in [0.29, 0.717) is 0 Å². The van der Waals surface area contributed by atoms with Crippen LogP contribution in [0.25, 0.3) is 0 Å². The van der Waals surface area contributed by atoms with Crippen LogP contribution in [0.5, 0.6) is 0 Å². The number of allylic oxidation sites excluding steroid dienone is 2. The maximum atomic E-state index is 3.85. The van der Waals surface area contributed by atoms with Crippen molar-refractivity contribution in [2.24, 2.45) is 0 Å². The zero-order valence-corrected chi connectivity index (χ0v) is 5.16. The molecule has 0 radical (unpaired) electrons. The number of hydrogen-bond donors (Lipinski definition) is 0. The second-order valence-electron chi connectivity index (χ2n) is 1.63. The Morgan fingerprint density at radius 3 is 2.57 bits per heavy atom. The standard InChI is InChI=1S/C6H8S/c1-6-3-4-7(2)5-6/h3-5H,2H2,1H3. The lowest BCUT2D eigenvalue weighted by Crippen LogP contribution is -1.51. The molecule has 1 aliphatic rings. The maximum absolute atomic E-state index is 3.85. The number of hydrogen-bond acceptors (Lipinski definition) is 0. The first kappa shape index (κ1) is 4.85. The molecule has 7 heavy (non-hydrogen) atoms. The summed E-state index contributed by atoms with van der Waals surface area (Å²) in [6.45, 7) is 2.09. The summed E-state index contributed by atoms with van der Waals surface area (Å²) in [4.78, 5) is 0. The van der Waals surface area contributed by atoms with Crippen LogP contribution in [0, 0.1) is 0 Å². The van der Waals surface area contributed by atoms with Gasteiger partial charge in [0, 0.05) is 0 Å². The predicted octanol–water partition coefficient (Wildman–Crippen LogP) is 2.12. The molecular formula is C6H8S. The van der Waals surface area contributed by atoms with E-state index in [9.17, 15) is 0 Å². The van der Waals surface area contributed by atoms with E-state index in [0.717, 1.165) is 0 Å². The summed E-state index contributed by atoms with van der Waals surface area (Å²) in [5, 5.41) is 4.29. The SMILES string of the molecule is C=S1C=CC(C)=C1. The van der Waals surface area contributed by atoms with Crippen molar-refractivity contribution in [3.63, 3.8) is 0 Å². The summed E-state index contributed by atoms with van der Waals surface area (Å²) in [6.07, 6.45) is 2.11. The molecule has 1 rings (SSSR count). The van der Waals surface area contributed by atoms with Gasteiger partial charge in [0.15, 0.2) is 0 Å². The van der Waals surface area contributed by atoms with Gasteiger partial charge in [-0.1, -0.05) is 11.9 Å². The van der Waals surface area contributed by atoms with Crippen molar-refractivity contribution in [2.75, 3.05) is 0 Å². The molecule has 0 aromatic carbocycles. The predicted molar refractivity (Wildman–Crippen MR) is 37.6 cm³/mol. The first-order valence-corrected chi connectivity index (χ1v) is 3.69. The summed E-state index contributed by atoms with van der Waals surface area (Å²) < 4.78 is 0. The van der Waals surface area contributed by atoms with Gasteiger partial charge in [-0.25, -0.2) is 0 Å². The summed E-state index contributed by atoms with van der Waals surface area (Å²) in [5.41, 5.74) is 1.35. The quantitative estimate of drug-likeness (QED) is 0.421. The lowest BCUT2D eigenvalue weighted by molar-refractivity contribution is 1.58. The van der Waals surface area contributed by atoms with Crippen LogP contribution >= 0.6 is 10.5 Å². The lowest BCUT2D eigenvalue weighted by atomic mass is 10.4. The van der Waals surface area contributed by atoms with Gasteiger partial charge in [0.05, 0.1) is 0 Å². The van der Waals surface area contributed by atoms with Crippen LogP contribution in [0.2, 0.25) is 0 Å². The summed E-state index contributed by atoms with van der Waals surface area (Å²) in [7, 11) is 0.204. The van der Waals surface area contributed by atoms with E-state index in [1.807, 2.05) is 0 Å². The molecule has 0 saturated heterocycles. The first-order chi connectivity index (χ1) is 3.29. The fraction of sp³-hybridized carbons (Fsp3) is 0.167. The Kier molecular flexibility index (Phi) is 1.15. The van der Waals surface area contributed by atoms with Crippen LogP contribution in [0.3, 0.4) is 0 Å². The van der Waals surface area contributed by atoms with Crippen LogP contribution in [-0.2, 0) is 0 Å². The Hall–Kier alpha value is -0.300. The topological polar surface area (TPSA) is 0 Å². The van der Waals surface area contributed by atoms with Gasteiger partial charge >= 0.3 is 0 Å². The zero-order valence-electron chi connectivity index (χ0n) is 4.35. The Balaban J connectivity index is 2.88. The number of rotatable bonds is 0. The normalized spacial score (nSPS) is 28.1. The van der Waals surface area contributed by atoms with Crippen LogP contribution < -0.4 is 0 Å². The fourth-order valence-corrected chi connectivity index (χ4v) is 1.54. The van der Waals surface area contributed by atoms with E-state index in [-0.39, 0.29) is 10.5 Å². The van der Waals surface area contributed by atoms with Crippen LogP contribution in [0.1, 0.15) is 6.92 Å². The van der Waals surface area contributed by atoms with Gasteiger partial charge < -0.3 is 0 Å². The minimum Gasteiger partial charge on any atom is -0.145 e. The van der Waals surface area contributed by atoms with Crippen molar-refractivity contribution in [1.82, 2.24) is 0 Å². The average Bonchev–Trinajstić information content (AvgIpc) is 1.87. The van der Waals surface area contributed by atoms with Gasteiger partial charge in [0.25, 0.3) is 0 Å². The van der Waals surface area contributed by atoms with E-state index < -0.39 is 0 Å². The molecule has 0 aromatic rings. The molecule has 0 bridgehead atoms.